The third-order valence-electron chi connectivity index (χ3n) is 2.73. The maximum Gasteiger partial charge on any atom is 0.224 e. The maximum absolute atomic E-state index is 5.74. The van der Waals surface area contributed by atoms with Crippen LogP contribution in [0.25, 0.3) is 10.9 Å². The molecule has 2 aromatic rings. The lowest BCUT2D eigenvalue weighted by Gasteiger charge is -2.13. The first-order valence-electron chi connectivity index (χ1n) is 6.05. The molecule has 0 saturated heterocycles. The van der Waals surface area contributed by atoms with Crippen molar-refractivity contribution in [3.05, 3.63) is 35.9 Å². The topological polar surface area (TPSA) is 51.4 Å². The van der Waals surface area contributed by atoms with Crippen LogP contribution in [0.15, 0.2) is 30.3 Å². The van der Waals surface area contributed by atoms with E-state index in [1.54, 1.807) is 0 Å². The molecule has 1 heterocycles. The Morgan fingerprint density at radius 1 is 1.37 bits per heavy atom. The van der Waals surface area contributed by atoms with Crippen LogP contribution in [0.4, 0.5) is 0 Å². The Kier molecular flexibility index (Phi) is 4.29. The number of para-hydroxylation sites is 1. The van der Waals surface area contributed by atoms with Gasteiger partial charge >= 0.3 is 0 Å². The van der Waals surface area contributed by atoms with E-state index in [-0.39, 0.29) is 0 Å². The number of hydrogen-bond donors (Lipinski definition) is 1. The molecule has 0 radical (unpaired) electrons. The lowest BCUT2D eigenvalue weighted by atomic mass is 10.1. The molecule has 0 bridgehead atoms. The molecule has 4 nitrogen and oxygen atoms in total. The smallest absolute Gasteiger partial charge is 0.224 e. The zero-order valence-electron chi connectivity index (χ0n) is 11.1. The number of aromatic nitrogens is 1. The highest BCUT2D eigenvalue weighted by molar-refractivity contribution is 7.80. The zero-order valence-corrected chi connectivity index (χ0v) is 11.9. The Balaban J connectivity index is 2.33. The van der Waals surface area contributed by atoms with E-state index in [0.29, 0.717) is 23.0 Å². The van der Waals surface area contributed by atoms with Crippen LogP contribution in [0.2, 0.25) is 0 Å². The van der Waals surface area contributed by atoms with Gasteiger partial charge in [-0.1, -0.05) is 30.4 Å². The highest BCUT2D eigenvalue weighted by Gasteiger charge is 2.10. The number of pyridine rings is 1. The molecule has 5 heteroatoms. The standard InChI is InChI=1S/C14H17N3OS/c1-17(2)7-8-18-14-11(13(15)19)9-10-5-3-4-6-12(10)16-14/h3-6,9H,7-8H2,1-2H3,(H2,15,19). The number of thiocarbonyl (C=S) groups is 1. The first kappa shape index (κ1) is 13.7. The molecule has 1 aromatic carbocycles. The van der Waals surface area contributed by atoms with Crippen LogP contribution in [0.1, 0.15) is 5.56 Å². The van der Waals surface area contributed by atoms with E-state index in [1.165, 1.54) is 0 Å². The fourth-order valence-corrected chi connectivity index (χ4v) is 1.86. The molecular weight excluding hydrogens is 258 g/mol. The van der Waals surface area contributed by atoms with Gasteiger partial charge in [-0.05, 0) is 26.2 Å². The Bertz CT molecular complexity index is 598. The molecule has 100 valence electrons. The molecule has 0 spiro atoms. The molecule has 2 N–H and O–H groups in total. The number of fused-ring (bicyclic) bond motifs is 1. The van der Waals surface area contributed by atoms with Gasteiger partial charge in [0.2, 0.25) is 5.88 Å². The summed E-state index contributed by atoms with van der Waals surface area (Å²) in [5, 5.41) is 1.00. The summed E-state index contributed by atoms with van der Waals surface area (Å²) in [6.45, 7) is 1.36. The van der Waals surface area contributed by atoms with Gasteiger partial charge in [-0.25, -0.2) is 4.98 Å². The number of likely N-dealkylation sites (N-methyl/N-ethyl adjacent to an activating group) is 1. The number of nitrogens with two attached hydrogens (primary N) is 1. The van der Waals surface area contributed by atoms with Crippen molar-refractivity contribution in [2.24, 2.45) is 5.73 Å². The van der Waals surface area contributed by atoms with Crippen molar-refractivity contribution >= 4 is 28.1 Å². The molecule has 2 rings (SSSR count). The molecule has 0 amide bonds. The highest BCUT2D eigenvalue weighted by Crippen LogP contribution is 2.22. The summed E-state index contributed by atoms with van der Waals surface area (Å²) < 4.78 is 5.70. The normalized spacial score (nSPS) is 10.9. The minimum absolute atomic E-state index is 0.304. The van der Waals surface area contributed by atoms with Crippen molar-refractivity contribution in [1.82, 2.24) is 9.88 Å². The number of nitrogens with zero attached hydrogens (tertiary/aromatic N) is 2. The average Bonchev–Trinajstić information content (AvgIpc) is 2.37. The van der Waals surface area contributed by atoms with Crippen LogP contribution >= 0.6 is 12.2 Å². The zero-order chi connectivity index (χ0) is 13.8. The third-order valence-corrected chi connectivity index (χ3v) is 2.95. The minimum Gasteiger partial charge on any atom is -0.476 e. The molecule has 19 heavy (non-hydrogen) atoms. The van der Waals surface area contributed by atoms with Gasteiger partial charge in [0.1, 0.15) is 11.6 Å². The summed E-state index contributed by atoms with van der Waals surface area (Å²) >= 11 is 5.06. The second-order valence-electron chi connectivity index (χ2n) is 4.55. The maximum atomic E-state index is 5.74. The lowest BCUT2D eigenvalue weighted by Crippen LogP contribution is -2.21. The first-order valence-corrected chi connectivity index (χ1v) is 6.46. The Morgan fingerprint density at radius 2 is 2.11 bits per heavy atom. The predicted molar refractivity (Wildman–Crippen MR) is 81.7 cm³/mol. The lowest BCUT2D eigenvalue weighted by molar-refractivity contribution is 0.254. The number of hydrogen-bond acceptors (Lipinski definition) is 4. The van der Waals surface area contributed by atoms with Crippen molar-refractivity contribution < 1.29 is 4.74 Å². The number of ether oxygens (including phenoxy) is 1. The first-order chi connectivity index (χ1) is 9.08. The monoisotopic (exact) mass is 275 g/mol. The molecule has 0 atom stereocenters. The van der Waals surface area contributed by atoms with Crippen LogP contribution in [0, 0.1) is 0 Å². The van der Waals surface area contributed by atoms with Crippen LogP contribution in [-0.4, -0.2) is 42.1 Å². The summed E-state index contributed by atoms with van der Waals surface area (Å²) in [7, 11) is 3.98. The van der Waals surface area contributed by atoms with Gasteiger partial charge < -0.3 is 15.4 Å². The summed E-state index contributed by atoms with van der Waals surface area (Å²) in [4.78, 5) is 6.83. The van der Waals surface area contributed by atoms with Gasteiger partial charge in [0, 0.05) is 11.9 Å². The molecule has 0 saturated carbocycles. The van der Waals surface area contributed by atoms with Crippen LogP contribution < -0.4 is 10.5 Å². The predicted octanol–water partition coefficient (Wildman–Crippen LogP) is 1.81. The number of benzene rings is 1. The van der Waals surface area contributed by atoms with E-state index in [1.807, 2.05) is 49.3 Å². The highest BCUT2D eigenvalue weighted by atomic mass is 32.1. The van der Waals surface area contributed by atoms with E-state index in [0.717, 1.165) is 17.4 Å². The van der Waals surface area contributed by atoms with Crippen molar-refractivity contribution in [2.45, 2.75) is 0 Å². The van der Waals surface area contributed by atoms with E-state index >= 15 is 0 Å². The average molecular weight is 275 g/mol. The minimum atomic E-state index is 0.304. The fourth-order valence-electron chi connectivity index (χ4n) is 1.71. The molecular formula is C14H17N3OS. The summed E-state index contributed by atoms with van der Waals surface area (Å²) in [5.41, 5.74) is 7.30. The van der Waals surface area contributed by atoms with Gasteiger partial charge in [-0.15, -0.1) is 0 Å². The van der Waals surface area contributed by atoms with Crippen LogP contribution in [-0.2, 0) is 0 Å². The SMILES string of the molecule is CN(C)CCOc1nc2ccccc2cc1C(N)=S. The van der Waals surface area contributed by atoms with Gasteiger partial charge in [0.25, 0.3) is 0 Å². The van der Waals surface area contributed by atoms with E-state index in [2.05, 4.69) is 4.98 Å². The van der Waals surface area contributed by atoms with Gasteiger partial charge in [-0.2, -0.15) is 0 Å². The largest absolute Gasteiger partial charge is 0.476 e. The van der Waals surface area contributed by atoms with E-state index in [9.17, 15) is 0 Å². The Morgan fingerprint density at radius 3 is 2.79 bits per heavy atom. The van der Waals surface area contributed by atoms with Crippen molar-refractivity contribution in [1.29, 1.82) is 0 Å². The van der Waals surface area contributed by atoms with Crippen molar-refractivity contribution in [2.75, 3.05) is 27.2 Å². The van der Waals surface area contributed by atoms with E-state index in [4.69, 9.17) is 22.7 Å². The van der Waals surface area contributed by atoms with Crippen LogP contribution in [0.5, 0.6) is 5.88 Å². The van der Waals surface area contributed by atoms with Crippen LogP contribution in [0.3, 0.4) is 0 Å². The second kappa shape index (κ2) is 5.95. The molecule has 0 unspecified atom stereocenters. The summed E-state index contributed by atoms with van der Waals surface area (Å²) in [5.74, 6) is 0.507. The van der Waals surface area contributed by atoms with Crippen molar-refractivity contribution in [3.8, 4) is 5.88 Å². The van der Waals surface area contributed by atoms with Gasteiger partial charge in [0.15, 0.2) is 0 Å². The van der Waals surface area contributed by atoms with Gasteiger partial charge in [-0.3, -0.25) is 0 Å². The van der Waals surface area contributed by atoms with Gasteiger partial charge in [0.05, 0.1) is 11.1 Å². The summed E-state index contributed by atoms with van der Waals surface area (Å²) in [6.07, 6.45) is 0. The quantitative estimate of drug-likeness (QED) is 0.843. The molecule has 0 fully saturated rings. The molecule has 0 aliphatic rings. The number of rotatable bonds is 5. The molecule has 0 aliphatic carbocycles. The van der Waals surface area contributed by atoms with Crippen molar-refractivity contribution in [3.63, 3.8) is 0 Å². The third kappa shape index (κ3) is 3.39. The summed E-state index contributed by atoms with van der Waals surface area (Å²) in [6, 6.07) is 9.75. The van der Waals surface area contributed by atoms with E-state index < -0.39 is 0 Å². The second-order valence-corrected chi connectivity index (χ2v) is 4.99. The molecule has 0 aliphatic heterocycles. The fraction of sp³-hybridized carbons (Fsp3) is 0.286. The Hall–Kier alpha value is -1.72. The Labute approximate surface area is 118 Å². The molecule has 1 aromatic heterocycles.